The maximum Gasteiger partial charge on any atom is 0.257 e. The van der Waals surface area contributed by atoms with Crippen LogP contribution in [0.25, 0.3) is 11.3 Å². The summed E-state index contributed by atoms with van der Waals surface area (Å²) in [6, 6.07) is 14.0. The smallest absolute Gasteiger partial charge is 0.257 e. The first-order valence-electron chi connectivity index (χ1n) is 9.49. The van der Waals surface area contributed by atoms with Crippen LogP contribution in [0.4, 0.5) is 4.39 Å². The highest BCUT2D eigenvalue weighted by atomic mass is 127. The van der Waals surface area contributed by atoms with E-state index in [0.29, 0.717) is 25.3 Å². The molecule has 150 valence electrons. The largest absolute Gasteiger partial charge is 0.356 e. The van der Waals surface area contributed by atoms with Crippen LogP contribution in [0.3, 0.4) is 0 Å². The van der Waals surface area contributed by atoms with Crippen LogP contribution in [0.15, 0.2) is 54.7 Å². The van der Waals surface area contributed by atoms with Gasteiger partial charge in [-0.1, -0.05) is 11.6 Å². The number of rotatable bonds is 4. The van der Waals surface area contributed by atoms with Gasteiger partial charge in [0.1, 0.15) is 5.82 Å². The third-order valence-electron chi connectivity index (χ3n) is 4.94. The number of ether oxygens (including phenoxy) is 1. The van der Waals surface area contributed by atoms with E-state index in [1.807, 2.05) is 37.4 Å². The molecule has 1 aromatic heterocycles. The normalized spacial score (nSPS) is 16.8. The topological polar surface area (TPSA) is 47.4 Å². The lowest BCUT2D eigenvalue weighted by Gasteiger charge is -2.35. The van der Waals surface area contributed by atoms with Gasteiger partial charge in [-0.2, -0.15) is 5.10 Å². The van der Waals surface area contributed by atoms with E-state index in [4.69, 9.17) is 4.74 Å². The molecule has 1 amide bonds. The molecule has 1 atom stereocenters. The molecule has 1 aliphatic rings. The van der Waals surface area contributed by atoms with Gasteiger partial charge >= 0.3 is 0 Å². The highest BCUT2D eigenvalue weighted by Gasteiger charge is 2.30. The Bertz CT molecular complexity index is 1020. The Kier molecular flexibility index (Phi) is 5.96. The maximum absolute atomic E-state index is 13.2. The van der Waals surface area contributed by atoms with Gasteiger partial charge in [-0.25, -0.2) is 4.39 Å². The zero-order chi connectivity index (χ0) is 20.4. The zero-order valence-electron chi connectivity index (χ0n) is 16.0. The van der Waals surface area contributed by atoms with Crippen LogP contribution in [0, 0.1) is 16.3 Å². The van der Waals surface area contributed by atoms with E-state index >= 15 is 0 Å². The van der Waals surface area contributed by atoms with Crippen molar-refractivity contribution in [3.8, 4) is 11.3 Å². The lowest BCUT2D eigenvalue weighted by atomic mass is 10.1. The number of halogens is 2. The Balaban J connectivity index is 1.53. The standard InChI is InChI=1S/C22H21FIN3O2/c1-15-3-8-19(24)18(13-15)22(28)27-10-2-12-29-21(27)14-26-11-9-20(25-26)16-4-6-17(23)7-5-16/h3-9,11,13,21H,2,10,12,14H2,1H3. The van der Waals surface area contributed by atoms with Gasteiger partial charge in [-0.05, 0) is 78.4 Å². The summed E-state index contributed by atoms with van der Waals surface area (Å²) in [4.78, 5) is 15.0. The van der Waals surface area contributed by atoms with Crippen molar-refractivity contribution in [2.24, 2.45) is 0 Å². The molecule has 1 unspecified atom stereocenters. The highest BCUT2D eigenvalue weighted by molar-refractivity contribution is 14.1. The Morgan fingerprint density at radius 2 is 2.03 bits per heavy atom. The minimum Gasteiger partial charge on any atom is -0.356 e. The number of nitrogens with zero attached hydrogens (tertiary/aromatic N) is 3. The second kappa shape index (κ2) is 8.62. The maximum atomic E-state index is 13.2. The number of hydrogen-bond donors (Lipinski definition) is 0. The molecule has 1 aliphatic heterocycles. The summed E-state index contributed by atoms with van der Waals surface area (Å²) >= 11 is 2.20. The van der Waals surface area contributed by atoms with Crippen LogP contribution in [0.5, 0.6) is 0 Å². The van der Waals surface area contributed by atoms with Crippen LogP contribution >= 0.6 is 22.6 Å². The summed E-state index contributed by atoms with van der Waals surface area (Å²) in [5.74, 6) is -0.294. The minimum absolute atomic E-state index is 0.0197. The first kappa shape index (κ1) is 20.0. The van der Waals surface area contributed by atoms with Gasteiger partial charge < -0.3 is 9.64 Å². The molecular formula is C22H21FIN3O2. The van der Waals surface area contributed by atoms with Crippen molar-refractivity contribution in [3.05, 3.63) is 75.2 Å². The molecule has 2 aromatic carbocycles. The van der Waals surface area contributed by atoms with Crippen molar-refractivity contribution < 1.29 is 13.9 Å². The number of aryl methyl sites for hydroxylation is 1. The predicted octanol–water partition coefficient (Wildman–Crippen LogP) is 4.49. The van der Waals surface area contributed by atoms with Crippen LogP contribution in [0.1, 0.15) is 22.3 Å². The van der Waals surface area contributed by atoms with Gasteiger partial charge in [0.05, 0.1) is 24.4 Å². The average molecular weight is 505 g/mol. The summed E-state index contributed by atoms with van der Waals surface area (Å²) in [6.45, 7) is 3.69. The minimum atomic E-state index is -0.381. The molecule has 3 aromatic rings. The fourth-order valence-electron chi connectivity index (χ4n) is 3.43. The molecule has 0 aliphatic carbocycles. The molecule has 0 N–H and O–H groups in total. The van der Waals surface area contributed by atoms with E-state index < -0.39 is 0 Å². The SMILES string of the molecule is Cc1ccc(I)c(C(=O)N2CCCOC2Cn2ccc(-c3ccc(F)cc3)n2)c1. The summed E-state index contributed by atoms with van der Waals surface area (Å²) in [6.07, 6.45) is 2.29. The molecule has 0 saturated carbocycles. The molecule has 0 spiro atoms. The number of carbonyl (C=O) groups is 1. The van der Waals surface area contributed by atoms with E-state index in [0.717, 1.165) is 26.8 Å². The van der Waals surface area contributed by atoms with Gasteiger partial charge in [0.25, 0.3) is 5.91 Å². The molecule has 5 nitrogen and oxygen atoms in total. The van der Waals surface area contributed by atoms with Gasteiger partial charge in [-0.3, -0.25) is 9.48 Å². The molecule has 29 heavy (non-hydrogen) atoms. The third kappa shape index (κ3) is 4.51. The number of benzene rings is 2. The van der Waals surface area contributed by atoms with Gasteiger partial charge in [0.2, 0.25) is 0 Å². The monoisotopic (exact) mass is 505 g/mol. The number of hydrogen-bond acceptors (Lipinski definition) is 3. The van der Waals surface area contributed by atoms with Gasteiger partial charge in [0.15, 0.2) is 6.23 Å². The zero-order valence-corrected chi connectivity index (χ0v) is 18.2. The van der Waals surface area contributed by atoms with Crippen LogP contribution in [-0.4, -0.2) is 40.0 Å². The average Bonchev–Trinajstić information content (AvgIpc) is 3.19. The molecule has 7 heteroatoms. The van der Waals surface area contributed by atoms with E-state index in [1.54, 1.807) is 21.7 Å². The molecule has 1 fully saturated rings. The molecule has 2 heterocycles. The lowest BCUT2D eigenvalue weighted by Crippen LogP contribution is -2.48. The molecule has 0 bridgehead atoms. The summed E-state index contributed by atoms with van der Waals surface area (Å²) in [5, 5.41) is 4.58. The third-order valence-corrected chi connectivity index (χ3v) is 5.88. The Morgan fingerprint density at radius 1 is 1.24 bits per heavy atom. The van der Waals surface area contributed by atoms with E-state index in [-0.39, 0.29) is 18.0 Å². The lowest BCUT2D eigenvalue weighted by molar-refractivity contribution is -0.0861. The summed E-state index contributed by atoms with van der Waals surface area (Å²) < 4.78 is 21.8. The van der Waals surface area contributed by atoms with Crippen molar-refractivity contribution in [2.45, 2.75) is 26.1 Å². The van der Waals surface area contributed by atoms with Gasteiger partial charge in [-0.15, -0.1) is 0 Å². The van der Waals surface area contributed by atoms with Crippen LogP contribution in [0.2, 0.25) is 0 Å². The molecule has 0 radical (unpaired) electrons. The fraction of sp³-hybridized carbons (Fsp3) is 0.273. The van der Waals surface area contributed by atoms with E-state index in [2.05, 4.69) is 27.7 Å². The Hall–Kier alpha value is -2.26. The quantitative estimate of drug-likeness (QED) is 0.491. The summed E-state index contributed by atoms with van der Waals surface area (Å²) in [5.41, 5.74) is 3.36. The van der Waals surface area contributed by atoms with E-state index in [1.165, 1.54) is 12.1 Å². The van der Waals surface area contributed by atoms with Crippen molar-refractivity contribution in [3.63, 3.8) is 0 Å². The highest BCUT2D eigenvalue weighted by Crippen LogP contribution is 2.22. The van der Waals surface area contributed by atoms with Crippen molar-refractivity contribution in [1.82, 2.24) is 14.7 Å². The van der Waals surface area contributed by atoms with Crippen LogP contribution in [-0.2, 0) is 11.3 Å². The number of aromatic nitrogens is 2. The Labute approximate surface area is 182 Å². The van der Waals surface area contributed by atoms with Crippen LogP contribution < -0.4 is 0 Å². The molecule has 4 rings (SSSR count). The second-order valence-corrected chi connectivity index (χ2v) is 8.25. The first-order valence-corrected chi connectivity index (χ1v) is 10.6. The second-order valence-electron chi connectivity index (χ2n) is 7.09. The number of amides is 1. The predicted molar refractivity (Wildman–Crippen MR) is 117 cm³/mol. The van der Waals surface area contributed by atoms with Gasteiger partial charge in [0, 0.05) is 21.9 Å². The van der Waals surface area contributed by atoms with E-state index in [9.17, 15) is 9.18 Å². The summed E-state index contributed by atoms with van der Waals surface area (Å²) in [7, 11) is 0. The van der Waals surface area contributed by atoms with Crippen molar-refractivity contribution in [1.29, 1.82) is 0 Å². The molecular weight excluding hydrogens is 484 g/mol. The van der Waals surface area contributed by atoms with Crippen molar-refractivity contribution in [2.75, 3.05) is 13.2 Å². The number of carbonyl (C=O) groups excluding carboxylic acids is 1. The Morgan fingerprint density at radius 3 is 2.83 bits per heavy atom. The fourth-order valence-corrected chi connectivity index (χ4v) is 3.99. The first-order chi connectivity index (χ1) is 14.0. The van der Waals surface area contributed by atoms with Crippen molar-refractivity contribution >= 4 is 28.5 Å². The molecule has 1 saturated heterocycles.